The Kier molecular flexibility index (Phi) is 9.61. The molecule has 2 N–H and O–H groups in total. The smallest absolute Gasteiger partial charge is 0.231 e. The van der Waals surface area contributed by atoms with E-state index in [4.69, 9.17) is 9.47 Å². The number of methoxy groups -OCH3 is 1. The predicted octanol–water partition coefficient (Wildman–Crippen LogP) is 5.96. The number of anilines is 2. The largest absolute Gasteiger partial charge is 0.496 e. The standard InChI is InChI=1S/C22H31IN4O3/c1-6-8-10-24-21-19(13-25-22(27-21)26-20(28)9-7-2)30-17-12-16(23)18(29-5)11-15(17)14(3)4/h11-14H,6-10H2,1-5H3,(H2,24,25,26,27,28). The number of benzene rings is 1. The van der Waals surface area contributed by atoms with Gasteiger partial charge in [-0.2, -0.15) is 4.98 Å². The summed E-state index contributed by atoms with van der Waals surface area (Å²) in [4.78, 5) is 20.7. The molecule has 0 saturated carbocycles. The Morgan fingerprint density at radius 1 is 1.17 bits per heavy atom. The Morgan fingerprint density at radius 3 is 2.57 bits per heavy atom. The summed E-state index contributed by atoms with van der Waals surface area (Å²) in [6.45, 7) is 9.06. The Bertz CT molecular complexity index is 859. The fraction of sp³-hybridized carbons (Fsp3) is 0.500. The molecule has 0 atom stereocenters. The summed E-state index contributed by atoms with van der Waals surface area (Å²) in [5.41, 5.74) is 1.03. The highest BCUT2D eigenvalue weighted by molar-refractivity contribution is 14.1. The number of hydrogen-bond donors (Lipinski definition) is 2. The van der Waals surface area contributed by atoms with Crippen molar-refractivity contribution >= 4 is 40.3 Å². The van der Waals surface area contributed by atoms with Crippen LogP contribution in [0, 0.1) is 3.57 Å². The van der Waals surface area contributed by atoms with Gasteiger partial charge in [0.15, 0.2) is 11.6 Å². The molecule has 1 amide bonds. The molecule has 30 heavy (non-hydrogen) atoms. The summed E-state index contributed by atoms with van der Waals surface area (Å²) in [7, 11) is 1.66. The Morgan fingerprint density at radius 2 is 1.93 bits per heavy atom. The van der Waals surface area contributed by atoms with E-state index in [1.54, 1.807) is 13.3 Å². The van der Waals surface area contributed by atoms with Gasteiger partial charge in [-0.15, -0.1) is 0 Å². The Labute approximate surface area is 192 Å². The first kappa shape index (κ1) is 24.2. The molecule has 1 heterocycles. The summed E-state index contributed by atoms with van der Waals surface area (Å²) in [6.07, 6.45) is 4.86. The van der Waals surface area contributed by atoms with Crippen LogP contribution in [0.2, 0.25) is 0 Å². The number of carbonyl (C=O) groups excluding carboxylic acids is 1. The molecule has 0 fully saturated rings. The maximum Gasteiger partial charge on any atom is 0.231 e. The van der Waals surface area contributed by atoms with Crippen LogP contribution < -0.4 is 20.1 Å². The van der Waals surface area contributed by atoms with Crippen molar-refractivity contribution in [3.8, 4) is 17.2 Å². The highest BCUT2D eigenvalue weighted by Gasteiger charge is 2.17. The zero-order chi connectivity index (χ0) is 22.1. The number of halogens is 1. The van der Waals surface area contributed by atoms with Gasteiger partial charge in [0.1, 0.15) is 11.5 Å². The van der Waals surface area contributed by atoms with Gasteiger partial charge in [0.2, 0.25) is 11.9 Å². The normalized spacial score (nSPS) is 10.8. The average Bonchev–Trinajstić information content (AvgIpc) is 2.70. The molecular weight excluding hydrogens is 495 g/mol. The molecular formula is C22H31IN4O3. The van der Waals surface area contributed by atoms with Gasteiger partial charge >= 0.3 is 0 Å². The van der Waals surface area contributed by atoms with Crippen LogP contribution in [0.4, 0.5) is 11.8 Å². The first-order valence-electron chi connectivity index (χ1n) is 10.4. The highest BCUT2D eigenvalue weighted by atomic mass is 127. The lowest BCUT2D eigenvalue weighted by Crippen LogP contribution is -2.14. The lowest BCUT2D eigenvalue weighted by atomic mass is 10.0. The maximum absolute atomic E-state index is 11.9. The van der Waals surface area contributed by atoms with Gasteiger partial charge in [-0.05, 0) is 53.5 Å². The van der Waals surface area contributed by atoms with Crippen LogP contribution in [0.1, 0.15) is 64.9 Å². The molecule has 2 aromatic rings. The van der Waals surface area contributed by atoms with Crippen molar-refractivity contribution in [3.05, 3.63) is 27.5 Å². The Hall–Kier alpha value is -2.10. The van der Waals surface area contributed by atoms with Gasteiger partial charge in [0.05, 0.1) is 16.9 Å². The SMILES string of the molecule is CCCCNc1nc(NC(=O)CCC)ncc1Oc1cc(I)c(OC)cc1C(C)C. The zero-order valence-electron chi connectivity index (χ0n) is 18.3. The van der Waals surface area contributed by atoms with Crippen molar-refractivity contribution in [1.82, 2.24) is 9.97 Å². The van der Waals surface area contributed by atoms with Crippen LogP contribution in [-0.2, 0) is 4.79 Å². The van der Waals surface area contributed by atoms with E-state index in [2.05, 4.69) is 64.0 Å². The number of unbranched alkanes of at least 4 members (excludes halogenated alkanes) is 1. The van der Waals surface area contributed by atoms with Crippen molar-refractivity contribution in [1.29, 1.82) is 0 Å². The second-order valence-electron chi connectivity index (χ2n) is 7.27. The van der Waals surface area contributed by atoms with Crippen molar-refractivity contribution < 1.29 is 14.3 Å². The fourth-order valence-corrected chi connectivity index (χ4v) is 3.45. The van der Waals surface area contributed by atoms with Gasteiger partial charge in [-0.3, -0.25) is 10.1 Å². The number of rotatable bonds is 11. The molecule has 0 aliphatic rings. The maximum atomic E-state index is 11.9. The summed E-state index contributed by atoms with van der Waals surface area (Å²) >= 11 is 2.23. The summed E-state index contributed by atoms with van der Waals surface area (Å²) in [5, 5.41) is 6.06. The zero-order valence-corrected chi connectivity index (χ0v) is 20.5. The summed E-state index contributed by atoms with van der Waals surface area (Å²) in [5.74, 6) is 3.05. The van der Waals surface area contributed by atoms with E-state index < -0.39 is 0 Å². The molecule has 7 nitrogen and oxygen atoms in total. The van der Waals surface area contributed by atoms with Gasteiger partial charge < -0.3 is 14.8 Å². The minimum atomic E-state index is -0.0996. The van der Waals surface area contributed by atoms with Crippen molar-refractivity contribution in [2.45, 2.75) is 59.3 Å². The second kappa shape index (κ2) is 11.9. The lowest BCUT2D eigenvalue weighted by Gasteiger charge is -2.18. The van der Waals surface area contributed by atoms with Crippen molar-refractivity contribution in [2.75, 3.05) is 24.3 Å². The number of nitrogens with zero attached hydrogens (tertiary/aromatic N) is 2. The minimum absolute atomic E-state index is 0.0996. The molecule has 8 heteroatoms. The van der Waals surface area contributed by atoms with E-state index in [0.29, 0.717) is 18.0 Å². The van der Waals surface area contributed by atoms with E-state index >= 15 is 0 Å². The van der Waals surface area contributed by atoms with Crippen LogP contribution in [0.15, 0.2) is 18.3 Å². The van der Waals surface area contributed by atoms with Crippen molar-refractivity contribution in [2.24, 2.45) is 0 Å². The first-order valence-corrected chi connectivity index (χ1v) is 11.4. The third kappa shape index (κ3) is 6.72. The molecule has 1 aromatic carbocycles. The van der Waals surface area contributed by atoms with Gasteiger partial charge in [-0.1, -0.05) is 34.1 Å². The summed E-state index contributed by atoms with van der Waals surface area (Å²) < 4.78 is 12.7. The van der Waals surface area contributed by atoms with Crippen LogP contribution in [0.25, 0.3) is 0 Å². The van der Waals surface area contributed by atoms with Crippen LogP contribution in [-0.4, -0.2) is 29.5 Å². The fourth-order valence-electron chi connectivity index (χ4n) is 2.80. The van der Waals surface area contributed by atoms with Crippen LogP contribution in [0.3, 0.4) is 0 Å². The van der Waals surface area contributed by atoms with Crippen LogP contribution >= 0.6 is 22.6 Å². The molecule has 0 spiro atoms. The summed E-state index contributed by atoms with van der Waals surface area (Å²) in [6, 6.07) is 3.97. The minimum Gasteiger partial charge on any atom is -0.496 e. The molecule has 164 valence electrons. The molecule has 0 unspecified atom stereocenters. The van der Waals surface area contributed by atoms with Gasteiger partial charge in [0.25, 0.3) is 0 Å². The van der Waals surface area contributed by atoms with E-state index in [1.807, 2.05) is 19.1 Å². The number of ether oxygens (including phenoxy) is 2. The lowest BCUT2D eigenvalue weighted by molar-refractivity contribution is -0.116. The monoisotopic (exact) mass is 526 g/mol. The molecule has 0 aliphatic heterocycles. The quantitative estimate of drug-likeness (QED) is 0.278. The van der Waals surface area contributed by atoms with Gasteiger partial charge in [-0.25, -0.2) is 4.98 Å². The highest BCUT2D eigenvalue weighted by Crippen LogP contribution is 2.38. The molecule has 1 aromatic heterocycles. The molecule has 0 saturated heterocycles. The molecule has 0 radical (unpaired) electrons. The molecule has 0 aliphatic carbocycles. The number of aromatic nitrogens is 2. The van der Waals surface area contributed by atoms with Crippen LogP contribution in [0.5, 0.6) is 17.2 Å². The van der Waals surface area contributed by atoms with E-state index in [0.717, 1.165) is 46.4 Å². The third-order valence-corrected chi connectivity index (χ3v) is 5.28. The second-order valence-corrected chi connectivity index (χ2v) is 8.43. The van der Waals surface area contributed by atoms with Gasteiger partial charge in [0, 0.05) is 18.5 Å². The predicted molar refractivity (Wildman–Crippen MR) is 129 cm³/mol. The number of nitrogens with one attached hydrogen (secondary N) is 2. The first-order chi connectivity index (χ1) is 14.4. The molecule has 2 rings (SSSR count). The average molecular weight is 526 g/mol. The number of amides is 1. The topological polar surface area (TPSA) is 85.4 Å². The molecule has 0 bridgehead atoms. The number of hydrogen-bond acceptors (Lipinski definition) is 6. The Balaban J connectivity index is 2.37. The van der Waals surface area contributed by atoms with Crippen molar-refractivity contribution in [3.63, 3.8) is 0 Å². The van der Waals surface area contributed by atoms with E-state index in [9.17, 15) is 4.79 Å². The number of carbonyl (C=O) groups is 1. The third-order valence-electron chi connectivity index (χ3n) is 4.43. The van der Waals surface area contributed by atoms with E-state index in [1.165, 1.54) is 0 Å². The van der Waals surface area contributed by atoms with E-state index in [-0.39, 0.29) is 17.8 Å².